The van der Waals surface area contributed by atoms with Crippen LogP contribution in [0, 0.1) is 0 Å². The third-order valence-electron chi connectivity index (χ3n) is 6.14. The largest absolute Gasteiger partial charge is 0.352 e. The summed E-state index contributed by atoms with van der Waals surface area (Å²) in [6.07, 6.45) is 0.647. The molecule has 0 bridgehead atoms. The molecule has 5 rings (SSSR count). The molecule has 5 nitrogen and oxygen atoms in total. The number of benzene rings is 4. The van der Waals surface area contributed by atoms with Gasteiger partial charge < -0.3 is 10.2 Å². The Morgan fingerprint density at radius 2 is 1.46 bits per heavy atom. The summed E-state index contributed by atoms with van der Waals surface area (Å²) in [4.78, 5) is 29.2. The highest BCUT2D eigenvalue weighted by Crippen LogP contribution is 2.36. The molecule has 1 aliphatic heterocycles. The van der Waals surface area contributed by atoms with Crippen LogP contribution in [0.25, 0.3) is 0 Å². The van der Waals surface area contributed by atoms with Crippen molar-refractivity contribution in [2.45, 2.75) is 22.8 Å². The summed E-state index contributed by atoms with van der Waals surface area (Å²) in [6.45, 7) is 0.665. The quantitative estimate of drug-likeness (QED) is 0.307. The van der Waals surface area contributed by atoms with Crippen molar-refractivity contribution >= 4 is 51.5 Å². The first-order valence-electron chi connectivity index (χ1n) is 11.6. The second-order valence-corrected chi connectivity index (χ2v) is 10.9. The average Bonchev–Trinajstić information content (AvgIpc) is 3.00. The molecule has 1 heterocycles. The maximum absolute atomic E-state index is 13.7. The van der Waals surface area contributed by atoms with Gasteiger partial charge in [0.05, 0.1) is 38.4 Å². The highest BCUT2D eigenvalue weighted by molar-refractivity contribution is 7.85. The molecule has 0 radical (unpaired) electrons. The number of halogens is 2. The number of carbonyl (C=O) groups excluding carboxylic acids is 2. The maximum atomic E-state index is 13.7. The molecule has 0 aromatic heterocycles. The van der Waals surface area contributed by atoms with Crippen LogP contribution in [0.1, 0.15) is 31.8 Å². The van der Waals surface area contributed by atoms with Crippen molar-refractivity contribution < 1.29 is 13.8 Å². The van der Waals surface area contributed by atoms with Gasteiger partial charge in [-0.15, -0.1) is 0 Å². The zero-order chi connectivity index (χ0) is 25.9. The number of hydrogen-bond donors (Lipinski definition) is 1. The fraction of sp³-hybridized carbons (Fsp3) is 0.103. The Morgan fingerprint density at radius 3 is 2.16 bits per heavy atom. The number of nitrogens with one attached hydrogen (secondary N) is 1. The summed E-state index contributed by atoms with van der Waals surface area (Å²) >= 11 is 12.0. The third kappa shape index (κ3) is 5.47. The molecule has 2 amide bonds. The first-order valence-corrected chi connectivity index (χ1v) is 13.5. The second-order valence-electron chi connectivity index (χ2n) is 8.60. The molecule has 0 spiro atoms. The molecule has 1 N–H and O–H groups in total. The molecular formula is C29H22Cl2N2O3S. The summed E-state index contributed by atoms with van der Waals surface area (Å²) in [7, 11) is -1.59. The molecule has 186 valence electrons. The minimum Gasteiger partial charge on any atom is -0.352 e. The van der Waals surface area contributed by atoms with E-state index in [0.29, 0.717) is 49.6 Å². The number of rotatable bonds is 6. The van der Waals surface area contributed by atoms with E-state index >= 15 is 0 Å². The minimum absolute atomic E-state index is 0.232. The summed E-state index contributed by atoms with van der Waals surface area (Å²) in [6, 6.07) is 26.5. The van der Waals surface area contributed by atoms with Crippen molar-refractivity contribution in [3.05, 3.63) is 123 Å². The van der Waals surface area contributed by atoms with E-state index in [2.05, 4.69) is 5.32 Å². The van der Waals surface area contributed by atoms with Gasteiger partial charge in [0.15, 0.2) is 0 Å². The number of amides is 2. The third-order valence-corrected chi connectivity index (χ3v) is 8.14. The van der Waals surface area contributed by atoms with E-state index in [1.165, 1.54) is 0 Å². The van der Waals surface area contributed by atoms with E-state index in [9.17, 15) is 13.8 Å². The Bertz CT molecular complexity index is 1500. The van der Waals surface area contributed by atoms with Crippen molar-refractivity contribution in [1.29, 1.82) is 0 Å². The van der Waals surface area contributed by atoms with Crippen molar-refractivity contribution in [3.8, 4) is 0 Å². The van der Waals surface area contributed by atoms with Crippen LogP contribution in [-0.2, 0) is 23.8 Å². The highest BCUT2D eigenvalue weighted by Gasteiger charge is 2.31. The van der Waals surface area contributed by atoms with Crippen molar-refractivity contribution in [3.63, 3.8) is 0 Å². The number of anilines is 1. The lowest BCUT2D eigenvalue weighted by atomic mass is 10.1. The molecule has 0 saturated carbocycles. The van der Waals surface area contributed by atoms with Crippen LogP contribution in [0.4, 0.5) is 5.69 Å². The van der Waals surface area contributed by atoms with E-state index in [-0.39, 0.29) is 18.4 Å². The molecule has 8 heteroatoms. The van der Waals surface area contributed by atoms with Gasteiger partial charge >= 0.3 is 0 Å². The van der Waals surface area contributed by atoms with E-state index in [1.54, 1.807) is 59.5 Å². The first-order chi connectivity index (χ1) is 17.9. The first kappa shape index (κ1) is 25.2. The Kier molecular flexibility index (Phi) is 7.42. The fourth-order valence-electron chi connectivity index (χ4n) is 4.21. The number of hydrogen-bond acceptors (Lipinski definition) is 3. The Labute approximate surface area is 227 Å². The minimum atomic E-state index is -1.59. The van der Waals surface area contributed by atoms with Crippen LogP contribution in [-0.4, -0.2) is 22.6 Å². The molecule has 1 aliphatic rings. The average molecular weight is 549 g/mol. The fourth-order valence-corrected chi connectivity index (χ4v) is 5.80. The Hall–Kier alpha value is -3.45. The monoisotopic (exact) mass is 548 g/mol. The van der Waals surface area contributed by atoms with Crippen LogP contribution in [0.15, 0.2) is 101 Å². The van der Waals surface area contributed by atoms with Gasteiger partial charge in [-0.1, -0.05) is 59.6 Å². The zero-order valence-corrected chi connectivity index (χ0v) is 21.9. The summed E-state index contributed by atoms with van der Waals surface area (Å²) in [5.41, 5.74) is 3.11. The predicted molar refractivity (Wildman–Crippen MR) is 147 cm³/mol. The van der Waals surface area contributed by atoms with Crippen molar-refractivity contribution in [2.24, 2.45) is 0 Å². The lowest BCUT2D eigenvalue weighted by Crippen LogP contribution is -2.31. The zero-order valence-electron chi connectivity index (χ0n) is 19.6. The van der Waals surface area contributed by atoms with Crippen molar-refractivity contribution in [2.75, 3.05) is 11.4 Å². The molecule has 4 aromatic rings. The van der Waals surface area contributed by atoms with Crippen LogP contribution in [0.2, 0.25) is 10.0 Å². The Morgan fingerprint density at radius 1 is 0.811 bits per heavy atom. The van der Waals surface area contributed by atoms with Gasteiger partial charge in [-0.25, -0.2) is 4.21 Å². The number of carbonyl (C=O) groups is 2. The van der Waals surface area contributed by atoms with E-state index in [1.807, 2.05) is 36.4 Å². The summed E-state index contributed by atoms with van der Waals surface area (Å²) < 4.78 is 13.6. The molecule has 4 aromatic carbocycles. The lowest BCUT2D eigenvalue weighted by Gasteiger charge is -2.23. The summed E-state index contributed by atoms with van der Waals surface area (Å²) in [5.74, 6) is -0.554. The lowest BCUT2D eigenvalue weighted by molar-refractivity contribution is 0.0950. The highest BCUT2D eigenvalue weighted by atomic mass is 35.5. The molecule has 0 fully saturated rings. The van der Waals surface area contributed by atoms with Crippen LogP contribution in [0.5, 0.6) is 0 Å². The SMILES string of the molecule is O=C(NCCc1ccc(Cl)cc1)c1ccc2c(c1)N(Cc1ccc(Cl)cc1)C(=O)c1ccccc1S2=O. The second kappa shape index (κ2) is 10.9. The van der Waals surface area contributed by atoms with E-state index in [4.69, 9.17) is 23.2 Å². The molecule has 1 unspecified atom stereocenters. The van der Waals surface area contributed by atoms with E-state index < -0.39 is 10.8 Å². The molecule has 0 saturated heterocycles. The smallest absolute Gasteiger partial charge is 0.259 e. The van der Waals surface area contributed by atoms with Gasteiger partial charge in [0.2, 0.25) is 0 Å². The molecule has 1 atom stereocenters. The van der Waals surface area contributed by atoms with Gasteiger partial charge in [-0.05, 0) is 72.1 Å². The van der Waals surface area contributed by atoms with Gasteiger partial charge in [-0.2, -0.15) is 0 Å². The van der Waals surface area contributed by atoms with Crippen LogP contribution in [0.3, 0.4) is 0 Å². The van der Waals surface area contributed by atoms with Gasteiger partial charge in [0.25, 0.3) is 11.8 Å². The topological polar surface area (TPSA) is 66.5 Å². The van der Waals surface area contributed by atoms with Gasteiger partial charge in [0, 0.05) is 22.2 Å². The van der Waals surface area contributed by atoms with Crippen molar-refractivity contribution in [1.82, 2.24) is 5.32 Å². The predicted octanol–water partition coefficient (Wildman–Crippen LogP) is 6.29. The summed E-state index contributed by atoms with van der Waals surface area (Å²) in [5, 5.41) is 4.18. The maximum Gasteiger partial charge on any atom is 0.259 e. The van der Waals surface area contributed by atoms with Crippen LogP contribution >= 0.6 is 23.2 Å². The molecular weight excluding hydrogens is 527 g/mol. The number of nitrogens with zero attached hydrogens (tertiary/aromatic N) is 1. The van der Waals surface area contributed by atoms with Crippen LogP contribution < -0.4 is 10.2 Å². The van der Waals surface area contributed by atoms with Gasteiger partial charge in [-0.3, -0.25) is 9.59 Å². The molecule has 37 heavy (non-hydrogen) atoms. The van der Waals surface area contributed by atoms with E-state index in [0.717, 1.165) is 11.1 Å². The standard InChI is InChI=1S/C29H22Cl2N2O3S/c30-22-10-5-19(6-11-22)15-16-32-28(34)21-9-14-27-25(17-21)33(18-20-7-12-23(31)13-8-20)29(35)24-3-1-2-4-26(24)37(27)36/h1-14,17H,15-16,18H2,(H,32,34). The normalized spacial score (nSPS) is 14.5. The molecule has 0 aliphatic carbocycles. The van der Waals surface area contributed by atoms with Gasteiger partial charge in [0.1, 0.15) is 0 Å². The Balaban J connectivity index is 1.46. The number of fused-ring (bicyclic) bond motifs is 2.